The molecule has 0 saturated carbocycles. The van der Waals surface area contributed by atoms with Gasteiger partial charge in [-0.3, -0.25) is 4.79 Å². The maximum atomic E-state index is 12.1. The first-order valence-corrected chi connectivity index (χ1v) is 14.2. The molecule has 0 spiro atoms. The van der Waals surface area contributed by atoms with E-state index in [1.165, 1.54) is 128 Å². The number of amides is 1. The van der Waals surface area contributed by atoms with E-state index < -0.39 is 0 Å². The molecule has 1 aliphatic heterocycles. The van der Waals surface area contributed by atoms with E-state index >= 15 is 0 Å². The van der Waals surface area contributed by atoms with Crippen LogP contribution in [0.25, 0.3) is 0 Å². The lowest BCUT2D eigenvalue weighted by Gasteiger charge is -2.26. The largest absolute Gasteiger partial charge is 0.378 e. The molecule has 184 valence electrons. The summed E-state index contributed by atoms with van der Waals surface area (Å²) < 4.78 is 5.31. The Kier molecular flexibility index (Phi) is 20.8. The Hall–Kier alpha value is -0.570. The summed E-state index contributed by atoms with van der Waals surface area (Å²) >= 11 is 0. The molecule has 0 aromatic rings. The van der Waals surface area contributed by atoms with Gasteiger partial charge in [0.25, 0.3) is 0 Å². The maximum Gasteiger partial charge on any atom is 0.222 e. The van der Waals surface area contributed by atoms with Crippen LogP contribution in [0.1, 0.15) is 148 Å². The van der Waals surface area contributed by atoms with Crippen LogP contribution in [-0.2, 0) is 9.53 Å². The van der Waals surface area contributed by atoms with Crippen molar-refractivity contribution < 1.29 is 9.53 Å². The molecule has 1 saturated heterocycles. The Labute approximate surface area is 195 Å². The van der Waals surface area contributed by atoms with Gasteiger partial charge < -0.3 is 9.64 Å². The van der Waals surface area contributed by atoms with Crippen LogP contribution in [0.2, 0.25) is 0 Å². The average Bonchev–Trinajstić information content (AvgIpc) is 2.80. The Morgan fingerprint density at radius 3 is 1.23 bits per heavy atom. The lowest BCUT2D eigenvalue weighted by atomic mass is 10.0. The van der Waals surface area contributed by atoms with Crippen LogP contribution in [0.4, 0.5) is 0 Å². The van der Waals surface area contributed by atoms with Crippen molar-refractivity contribution in [1.29, 1.82) is 0 Å². The fraction of sp³-hybridized carbons (Fsp3) is 0.964. The van der Waals surface area contributed by atoms with Crippen molar-refractivity contribution in [3.63, 3.8) is 0 Å². The van der Waals surface area contributed by atoms with Crippen molar-refractivity contribution in [3.05, 3.63) is 0 Å². The quantitative estimate of drug-likeness (QED) is 0.159. The summed E-state index contributed by atoms with van der Waals surface area (Å²) in [5.41, 5.74) is 0. The molecule has 0 unspecified atom stereocenters. The number of hydrogen-bond acceptors (Lipinski definition) is 2. The van der Waals surface area contributed by atoms with Gasteiger partial charge in [0.15, 0.2) is 0 Å². The number of carbonyl (C=O) groups is 1. The second kappa shape index (κ2) is 22.6. The maximum absolute atomic E-state index is 12.1. The van der Waals surface area contributed by atoms with Gasteiger partial charge in [-0.1, -0.05) is 135 Å². The predicted molar refractivity (Wildman–Crippen MR) is 135 cm³/mol. The zero-order valence-corrected chi connectivity index (χ0v) is 21.1. The van der Waals surface area contributed by atoms with Crippen LogP contribution >= 0.6 is 0 Å². The molecule has 1 amide bonds. The third-order valence-electron chi connectivity index (χ3n) is 6.86. The van der Waals surface area contributed by atoms with Crippen molar-refractivity contribution in [2.45, 2.75) is 148 Å². The van der Waals surface area contributed by atoms with Gasteiger partial charge in [0.2, 0.25) is 5.91 Å². The molecule has 0 radical (unpaired) electrons. The molecular formula is C28H55NO2. The van der Waals surface area contributed by atoms with Crippen molar-refractivity contribution in [2.75, 3.05) is 26.3 Å². The predicted octanol–water partition coefficient (Wildman–Crippen LogP) is 8.45. The van der Waals surface area contributed by atoms with Crippen molar-refractivity contribution in [2.24, 2.45) is 0 Å². The lowest BCUT2D eigenvalue weighted by Crippen LogP contribution is -2.40. The van der Waals surface area contributed by atoms with Gasteiger partial charge in [-0.2, -0.15) is 0 Å². The monoisotopic (exact) mass is 437 g/mol. The molecule has 1 fully saturated rings. The molecule has 3 nitrogen and oxygen atoms in total. The summed E-state index contributed by atoms with van der Waals surface area (Å²) in [5, 5.41) is 0. The number of hydrogen-bond donors (Lipinski definition) is 0. The third-order valence-corrected chi connectivity index (χ3v) is 6.86. The molecule has 1 heterocycles. The fourth-order valence-electron chi connectivity index (χ4n) is 4.68. The number of nitrogens with zero attached hydrogens (tertiary/aromatic N) is 1. The summed E-state index contributed by atoms with van der Waals surface area (Å²) in [4.78, 5) is 14.0. The van der Waals surface area contributed by atoms with E-state index in [9.17, 15) is 4.79 Å². The fourth-order valence-corrected chi connectivity index (χ4v) is 4.68. The van der Waals surface area contributed by atoms with Gasteiger partial charge in [-0.05, 0) is 6.42 Å². The minimum Gasteiger partial charge on any atom is -0.378 e. The topological polar surface area (TPSA) is 29.5 Å². The molecule has 0 atom stereocenters. The van der Waals surface area contributed by atoms with Crippen LogP contribution in [0.5, 0.6) is 0 Å². The van der Waals surface area contributed by atoms with Gasteiger partial charge in [0, 0.05) is 19.5 Å². The number of ether oxygens (including phenoxy) is 1. The minimum absolute atomic E-state index is 0.334. The molecule has 0 aromatic carbocycles. The van der Waals surface area contributed by atoms with E-state index in [4.69, 9.17) is 4.74 Å². The number of rotatable bonds is 22. The smallest absolute Gasteiger partial charge is 0.222 e. The molecule has 1 aliphatic rings. The first kappa shape index (κ1) is 28.5. The Morgan fingerprint density at radius 2 is 0.871 bits per heavy atom. The second-order valence-corrected chi connectivity index (χ2v) is 9.81. The molecule has 0 bridgehead atoms. The minimum atomic E-state index is 0.334. The second-order valence-electron chi connectivity index (χ2n) is 9.81. The van der Waals surface area contributed by atoms with Crippen LogP contribution in [0.3, 0.4) is 0 Å². The highest BCUT2D eigenvalue weighted by Gasteiger charge is 2.15. The van der Waals surface area contributed by atoms with E-state index in [0.717, 1.165) is 25.9 Å². The van der Waals surface area contributed by atoms with Crippen molar-refractivity contribution in [3.8, 4) is 0 Å². The number of unbranched alkanes of at least 4 members (excludes halogenated alkanes) is 20. The molecular weight excluding hydrogens is 382 g/mol. The summed E-state index contributed by atoms with van der Waals surface area (Å²) in [5.74, 6) is 0.334. The zero-order valence-electron chi connectivity index (χ0n) is 21.1. The van der Waals surface area contributed by atoms with Crippen molar-refractivity contribution >= 4 is 5.91 Å². The highest BCUT2D eigenvalue weighted by molar-refractivity contribution is 5.76. The van der Waals surface area contributed by atoms with E-state index in [-0.39, 0.29) is 0 Å². The van der Waals surface area contributed by atoms with Gasteiger partial charge in [-0.25, -0.2) is 0 Å². The zero-order chi connectivity index (χ0) is 22.2. The molecule has 1 rings (SSSR count). The first-order chi connectivity index (χ1) is 15.3. The Morgan fingerprint density at radius 1 is 0.548 bits per heavy atom. The van der Waals surface area contributed by atoms with E-state index in [1.807, 2.05) is 4.90 Å². The number of carbonyl (C=O) groups excluding carboxylic acids is 1. The molecule has 31 heavy (non-hydrogen) atoms. The van der Waals surface area contributed by atoms with Gasteiger partial charge in [-0.15, -0.1) is 0 Å². The summed E-state index contributed by atoms with van der Waals surface area (Å²) in [6, 6.07) is 0. The summed E-state index contributed by atoms with van der Waals surface area (Å²) in [7, 11) is 0. The standard InChI is InChI=1S/C28H55NO2/c1-2-3-4-5-6-7-8-9-10-11-12-13-14-15-16-17-18-19-20-21-22-23-28(30)29-24-26-31-27-25-29/h2-27H2,1H3. The highest BCUT2D eigenvalue weighted by Crippen LogP contribution is 2.15. The van der Waals surface area contributed by atoms with Gasteiger partial charge in [0.1, 0.15) is 0 Å². The molecule has 0 aliphatic carbocycles. The molecule has 3 heteroatoms. The van der Waals surface area contributed by atoms with E-state index in [0.29, 0.717) is 19.1 Å². The van der Waals surface area contributed by atoms with Crippen molar-refractivity contribution in [1.82, 2.24) is 4.90 Å². The Balaban J connectivity index is 1.68. The average molecular weight is 438 g/mol. The van der Waals surface area contributed by atoms with Crippen LogP contribution in [-0.4, -0.2) is 37.1 Å². The van der Waals surface area contributed by atoms with E-state index in [1.54, 1.807) is 0 Å². The van der Waals surface area contributed by atoms with E-state index in [2.05, 4.69) is 6.92 Å². The SMILES string of the molecule is CCCCCCCCCCCCCCCCCCCCCCCC(=O)N1CCOCC1. The van der Waals surface area contributed by atoms with Crippen LogP contribution in [0, 0.1) is 0 Å². The van der Waals surface area contributed by atoms with Gasteiger partial charge in [0.05, 0.1) is 13.2 Å². The normalized spacial score (nSPS) is 14.3. The summed E-state index contributed by atoms with van der Waals surface area (Å²) in [6.07, 6.45) is 30.2. The first-order valence-electron chi connectivity index (χ1n) is 14.2. The van der Waals surface area contributed by atoms with Crippen LogP contribution in [0.15, 0.2) is 0 Å². The van der Waals surface area contributed by atoms with Gasteiger partial charge >= 0.3 is 0 Å². The highest BCUT2D eigenvalue weighted by atomic mass is 16.5. The third kappa shape index (κ3) is 18.7. The lowest BCUT2D eigenvalue weighted by molar-refractivity contribution is -0.135. The Bertz CT molecular complexity index is 379. The number of morpholine rings is 1. The molecule has 0 N–H and O–H groups in total. The summed E-state index contributed by atoms with van der Waals surface area (Å²) in [6.45, 7) is 5.30. The molecule has 0 aromatic heterocycles. The van der Waals surface area contributed by atoms with Crippen LogP contribution < -0.4 is 0 Å².